The van der Waals surface area contributed by atoms with Gasteiger partial charge in [-0.2, -0.15) is 0 Å². The van der Waals surface area contributed by atoms with Crippen LogP contribution in [0.3, 0.4) is 0 Å². The second-order valence-electron chi connectivity index (χ2n) is 4.52. The number of benzene rings is 1. The highest BCUT2D eigenvalue weighted by Crippen LogP contribution is 2.18. The molecule has 16 heavy (non-hydrogen) atoms. The zero-order valence-electron chi connectivity index (χ0n) is 9.86. The third-order valence-electron chi connectivity index (χ3n) is 1.74. The van der Waals surface area contributed by atoms with Gasteiger partial charge in [0.25, 0.3) is 0 Å². The van der Waals surface area contributed by atoms with Crippen molar-refractivity contribution in [2.24, 2.45) is 5.73 Å². The molecule has 3 nitrogen and oxygen atoms in total. The summed E-state index contributed by atoms with van der Waals surface area (Å²) in [5.74, 6) is 0.360. The largest absolute Gasteiger partial charge is 0.488 e. The highest BCUT2D eigenvalue weighted by atomic mass is 16.5. The minimum absolute atomic E-state index is 0.204. The molecule has 86 valence electrons. The molecule has 1 aromatic rings. The fraction of sp³-hybridized carbons (Fsp3) is 0.308. The predicted molar refractivity (Wildman–Crippen MR) is 65.1 cm³/mol. The Balaban J connectivity index is 2.72. The predicted octanol–water partition coefficient (Wildman–Crippen LogP) is 2.36. The third kappa shape index (κ3) is 4.64. The molecule has 0 unspecified atom stereocenters. The first-order valence-corrected chi connectivity index (χ1v) is 5.13. The molecule has 0 bridgehead atoms. The quantitative estimate of drug-likeness (QED) is 0.793. The number of hydrogen-bond donors (Lipinski definition) is 1. The topological polar surface area (TPSA) is 52.3 Å². The average molecular weight is 219 g/mol. The average Bonchev–Trinajstić information content (AvgIpc) is 2.14. The van der Waals surface area contributed by atoms with Crippen molar-refractivity contribution in [3.05, 3.63) is 35.9 Å². The molecule has 2 N–H and O–H groups in total. The SMILES string of the molecule is CC(C)(C)Oc1ccc(/C=C/C(N)=O)cc1. The van der Waals surface area contributed by atoms with E-state index in [0.29, 0.717) is 0 Å². The van der Waals surface area contributed by atoms with E-state index >= 15 is 0 Å². The van der Waals surface area contributed by atoms with Crippen molar-refractivity contribution in [1.29, 1.82) is 0 Å². The van der Waals surface area contributed by atoms with Crippen LogP contribution in [0.1, 0.15) is 26.3 Å². The number of carbonyl (C=O) groups excluding carboxylic acids is 1. The lowest BCUT2D eigenvalue weighted by molar-refractivity contribution is -0.113. The van der Waals surface area contributed by atoms with Crippen LogP contribution in [0.25, 0.3) is 6.08 Å². The number of hydrogen-bond acceptors (Lipinski definition) is 2. The lowest BCUT2D eigenvalue weighted by atomic mass is 10.1. The van der Waals surface area contributed by atoms with Gasteiger partial charge in [0.1, 0.15) is 11.4 Å². The van der Waals surface area contributed by atoms with Crippen LogP contribution in [0.4, 0.5) is 0 Å². The molecule has 0 fully saturated rings. The smallest absolute Gasteiger partial charge is 0.241 e. The molecule has 0 atom stereocenters. The van der Waals surface area contributed by atoms with Gasteiger partial charge in [-0.05, 0) is 44.5 Å². The van der Waals surface area contributed by atoms with Crippen LogP contribution >= 0.6 is 0 Å². The molecular weight excluding hydrogens is 202 g/mol. The standard InChI is InChI=1S/C13H17NO2/c1-13(2,3)16-11-7-4-10(5-8-11)6-9-12(14)15/h4-9H,1-3H3,(H2,14,15)/b9-6+. The lowest BCUT2D eigenvalue weighted by Gasteiger charge is -2.21. The Bertz CT molecular complexity index is 385. The zero-order chi connectivity index (χ0) is 12.2. The summed E-state index contributed by atoms with van der Waals surface area (Å²) >= 11 is 0. The van der Waals surface area contributed by atoms with E-state index in [-0.39, 0.29) is 5.60 Å². The molecular formula is C13H17NO2. The maximum atomic E-state index is 10.5. The Morgan fingerprint density at radius 3 is 2.25 bits per heavy atom. The van der Waals surface area contributed by atoms with Crippen molar-refractivity contribution in [1.82, 2.24) is 0 Å². The minimum Gasteiger partial charge on any atom is -0.488 e. The van der Waals surface area contributed by atoms with Crippen LogP contribution in [0, 0.1) is 0 Å². The van der Waals surface area contributed by atoms with Gasteiger partial charge in [0.15, 0.2) is 0 Å². The first-order valence-electron chi connectivity index (χ1n) is 5.13. The fourth-order valence-corrected chi connectivity index (χ4v) is 1.18. The summed E-state index contributed by atoms with van der Waals surface area (Å²) in [6.07, 6.45) is 3.00. The molecule has 0 spiro atoms. The van der Waals surface area contributed by atoms with Crippen molar-refractivity contribution >= 4 is 12.0 Å². The Hall–Kier alpha value is -1.77. The maximum Gasteiger partial charge on any atom is 0.241 e. The molecule has 1 aromatic carbocycles. The summed E-state index contributed by atoms with van der Waals surface area (Å²) in [5.41, 5.74) is 5.72. The summed E-state index contributed by atoms with van der Waals surface area (Å²) in [7, 11) is 0. The Morgan fingerprint density at radius 1 is 1.25 bits per heavy atom. The van der Waals surface area contributed by atoms with E-state index in [1.165, 1.54) is 6.08 Å². The monoisotopic (exact) mass is 219 g/mol. The Labute approximate surface area is 95.9 Å². The normalized spacial score (nSPS) is 11.7. The van der Waals surface area contributed by atoms with Gasteiger partial charge < -0.3 is 10.5 Å². The molecule has 0 saturated carbocycles. The minimum atomic E-state index is -0.449. The first-order chi connectivity index (χ1) is 7.37. The summed E-state index contributed by atoms with van der Waals surface area (Å²) in [5, 5.41) is 0. The number of amides is 1. The number of carbonyl (C=O) groups is 1. The summed E-state index contributed by atoms with van der Waals surface area (Å²) in [4.78, 5) is 10.5. The number of primary amides is 1. The molecule has 1 amide bonds. The molecule has 0 aliphatic rings. The number of nitrogens with two attached hydrogens (primary N) is 1. The highest BCUT2D eigenvalue weighted by molar-refractivity contribution is 5.90. The molecule has 0 saturated heterocycles. The van der Waals surface area contributed by atoms with E-state index in [1.54, 1.807) is 6.08 Å². The second kappa shape index (κ2) is 4.84. The number of rotatable bonds is 3. The summed E-state index contributed by atoms with van der Waals surface area (Å²) in [6, 6.07) is 7.48. The van der Waals surface area contributed by atoms with Crippen LogP contribution in [-0.4, -0.2) is 11.5 Å². The van der Waals surface area contributed by atoms with E-state index < -0.39 is 5.91 Å². The van der Waals surface area contributed by atoms with Crippen molar-refractivity contribution in [3.8, 4) is 5.75 Å². The van der Waals surface area contributed by atoms with Gasteiger partial charge in [-0.1, -0.05) is 12.1 Å². The van der Waals surface area contributed by atoms with Gasteiger partial charge in [0.2, 0.25) is 5.91 Å². The van der Waals surface area contributed by atoms with Crippen molar-refractivity contribution in [3.63, 3.8) is 0 Å². The molecule has 1 rings (SSSR count). The molecule has 0 radical (unpaired) electrons. The van der Waals surface area contributed by atoms with Gasteiger partial charge in [0, 0.05) is 6.08 Å². The van der Waals surface area contributed by atoms with Gasteiger partial charge in [-0.15, -0.1) is 0 Å². The Morgan fingerprint density at radius 2 is 1.81 bits per heavy atom. The summed E-state index contributed by atoms with van der Waals surface area (Å²) in [6.45, 7) is 5.98. The van der Waals surface area contributed by atoms with Crippen LogP contribution in [0.2, 0.25) is 0 Å². The molecule has 3 heteroatoms. The third-order valence-corrected chi connectivity index (χ3v) is 1.74. The maximum absolute atomic E-state index is 10.5. The van der Waals surface area contributed by atoms with E-state index in [0.717, 1.165) is 11.3 Å². The molecule has 0 heterocycles. The van der Waals surface area contributed by atoms with Gasteiger partial charge in [-0.25, -0.2) is 0 Å². The van der Waals surface area contributed by atoms with Crippen molar-refractivity contribution in [2.45, 2.75) is 26.4 Å². The van der Waals surface area contributed by atoms with E-state index in [1.807, 2.05) is 45.0 Å². The second-order valence-corrected chi connectivity index (χ2v) is 4.52. The van der Waals surface area contributed by atoms with Gasteiger partial charge in [0.05, 0.1) is 0 Å². The van der Waals surface area contributed by atoms with Crippen molar-refractivity contribution in [2.75, 3.05) is 0 Å². The Kier molecular flexibility index (Phi) is 3.72. The highest BCUT2D eigenvalue weighted by Gasteiger charge is 2.10. The molecule has 0 aliphatic heterocycles. The van der Waals surface area contributed by atoms with Crippen LogP contribution in [0.15, 0.2) is 30.3 Å². The zero-order valence-corrected chi connectivity index (χ0v) is 9.86. The van der Waals surface area contributed by atoms with Crippen LogP contribution < -0.4 is 10.5 Å². The molecule has 0 aliphatic carbocycles. The number of ether oxygens (including phenoxy) is 1. The summed E-state index contributed by atoms with van der Waals surface area (Å²) < 4.78 is 5.67. The van der Waals surface area contributed by atoms with Crippen LogP contribution in [-0.2, 0) is 4.79 Å². The van der Waals surface area contributed by atoms with Crippen molar-refractivity contribution < 1.29 is 9.53 Å². The molecule has 0 aromatic heterocycles. The first kappa shape index (κ1) is 12.3. The van der Waals surface area contributed by atoms with Gasteiger partial charge >= 0.3 is 0 Å². The van der Waals surface area contributed by atoms with E-state index in [4.69, 9.17) is 10.5 Å². The van der Waals surface area contributed by atoms with E-state index in [2.05, 4.69) is 0 Å². The van der Waals surface area contributed by atoms with Crippen LogP contribution in [0.5, 0.6) is 5.75 Å². The fourth-order valence-electron chi connectivity index (χ4n) is 1.18. The lowest BCUT2D eigenvalue weighted by Crippen LogP contribution is -2.22. The van der Waals surface area contributed by atoms with E-state index in [9.17, 15) is 4.79 Å². The van der Waals surface area contributed by atoms with Gasteiger partial charge in [-0.3, -0.25) is 4.79 Å².